The summed E-state index contributed by atoms with van der Waals surface area (Å²) in [6.07, 6.45) is 3.21. The molecule has 0 saturated carbocycles. The number of aromatic nitrogens is 2. The van der Waals surface area contributed by atoms with Gasteiger partial charge in [-0.1, -0.05) is 0 Å². The SMILES string of the molecule is c1cc2[n+]([nH]1)CCCNC2. The molecule has 0 saturated heterocycles. The lowest BCUT2D eigenvalue weighted by Gasteiger charge is -1.89. The van der Waals surface area contributed by atoms with Crippen LogP contribution >= 0.6 is 0 Å². The number of hydrogen-bond donors (Lipinski definition) is 2. The Morgan fingerprint density at radius 1 is 1.50 bits per heavy atom. The van der Waals surface area contributed by atoms with Crippen molar-refractivity contribution in [3.8, 4) is 0 Å². The van der Waals surface area contributed by atoms with Crippen molar-refractivity contribution in [3.05, 3.63) is 18.0 Å². The molecule has 1 aliphatic rings. The number of hydrogen-bond acceptors (Lipinski definition) is 1. The Hall–Kier alpha value is -0.830. The van der Waals surface area contributed by atoms with Crippen molar-refractivity contribution >= 4 is 0 Å². The average Bonchev–Trinajstić information content (AvgIpc) is 2.28. The Kier molecular flexibility index (Phi) is 1.43. The highest BCUT2D eigenvalue weighted by atomic mass is 15.3. The summed E-state index contributed by atoms with van der Waals surface area (Å²) in [5.41, 5.74) is 1.36. The third-order valence-electron chi connectivity index (χ3n) is 1.89. The van der Waals surface area contributed by atoms with Crippen LogP contribution in [0, 0.1) is 0 Å². The summed E-state index contributed by atoms with van der Waals surface area (Å²) >= 11 is 0. The molecular weight excluding hydrogens is 126 g/mol. The van der Waals surface area contributed by atoms with E-state index >= 15 is 0 Å². The van der Waals surface area contributed by atoms with Crippen molar-refractivity contribution in [1.29, 1.82) is 0 Å². The standard InChI is InChI=1S/C7H11N3/c1-3-8-6-7-2-4-9-10(7)5-1/h2,4,8H,1,3,5-6H2/p+1. The summed E-state index contributed by atoms with van der Waals surface area (Å²) in [5.74, 6) is 0. The quantitative estimate of drug-likeness (QED) is 0.478. The van der Waals surface area contributed by atoms with E-state index in [9.17, 15) is 0 Å². The summed E-state index contributed by atoms with van der Waals surface area (Å²) in [6.45, 7) is 3.26. The smallest absolute Gasteiger partial charge is 0.221 e. The van der Waals surface area contributed by atoms with Gasteiger partial charge in [0.15, 0.2) is 6.54 Å². The maximum absolute atomic E-state index is 3.35. The number of fused-ring (bicyclic) bond motifs is 1. The molecule has 2 N–H and O–H groups in total. The second-order valence-corrected chi connectivity index (χ2v) is 2.64. The molecule has 3 heteroatoms. The van der Waals surface area contributed by atoms with Gasteiger partial charge >= 0.3 is 0 Å². The minimum Gasteiger partial charge on any atom is -0.307 e. The molecule has 0 amide bonds. The lowest BCUT2D eigenvalue weighted by atomic mass is 10.4. The fourth-order valence-electron chi connectivity index (χ4n) is 1.34. The van der Waals surface area contributed by atoms with Gasteiger partial charge in [0.05, 0.1) is 12.7 Å². The van der Waals surface area contributed by atoms with Crippen molar-refractivity contribution < 1.29 is 4.68 Å². The van der Waals surface area contributed by atoms with Crippen LogP contribution < -0.4 is 10.00 Å². The average molecular weight is 138 g/mol. The highest BCUT2D eigenvalue weighted by Crippen LogP contribution is 1.93. The Labute approximate surface area is 60.0 Å². The molecule has 0 unspecified atom stereocenters. The molecule has 0 aromatic carbocycles. The van der Waals surface area contributed by atoms with Crippen molar-refractivity contribution in [1.82, 2.24) is 10.4 Å². The Balaban J connectivity index is 2.28. The molecule has 1 aliphatic heterocycles. The third kappa shape index (κ3) is 0.926. The fourth-order valence-corrected chi connectivity index (χ4v) is 1.34. The number of nitrogens with one attached hydrogen (secondary N) is 2. The van der Waals surface area contributed by atoms with Crippen LogP contribution in [-0.4, -0.2) is 11.6 Å². The molecule has 0 atom stereocenters. The molecule has 3 nitrogen and oxygen atoms in total. The molecule has 1 aromatic rings. The van der Waals surface area contributed by atoms with Gasteiger partial charge < -0.3 is 5.32 Å². The number of aromatic amines is 1. The lowest BCUT2D eigenvalue weighted by molar-refractivity contribution is -0.755. The number of aryl methyl sites for hydroxylation is 1. The van der Waals surface area contributed by atoms with Gasteiger partial charge in [0.1, 0.15) is 0 Å². The third-order valence-corrected chi connectivity index (χ3v) is 1.89. The molecule has 0 radical (unpaired) electrons. The summed E-state index contributed by atoms with van der Waals surface area (Å²) in [4.78, 5) is 0. The maximum Gasteiger partial charge on any atom is 0.221 e. The summed E-state index contributed by atoms with van der Waals surface area (Å²) < 4.78 is 2.19. The summed E-state index contributed by atoms with van der Waals surface area (Å²) in [5, 5.41) is 6.52. The van der Waals surface area contributed by atoms with Crippen LogP contribution in [0.5, 0.6) is 0 Å². The highest BCUT2D eigenvalue weighted by molar-refractivity contribution is 4.90. The van der Waals surface area contributed by atoms with Crippen molar-refractivity contribution in [2.24, 2.45) is 0 Å². The first kappa shape index (κ1) is 5.92. The van der Waals surface area contributed by atoms with Gasteiger partial charge in [-0.05, 0) is 0 Å². The minimum absolute atomic E-state index is 1.00. The first-order valence-electron chi connectivity index (χ1n) is 3.73. The van der Waals surface area contributed by atoms with Gasteiger partial charge in [-0.3, -0.25) is 0 Å². The molecule has 0 spiro atoms. The predicted molar refractivity (Wildman–Crippen MR) is 37.3 cm³/mol. The topological polar surface area (TPSA) is 31.7 Å². The minimum atomic E-state index is 1.00. The molecule has 10 heavy (non-hydrogen) atoms. The number of rotatable bonds is 0. The van der Waals surface area contributed by atoms with Crippen molar-refractivity contribution in [2.45, 2.75) is 19.5 Å². The van der Waals surface area contributed by atoms with Gasteiger partial charge in [-0.15, -0.1) is 4.68 Å². The summed E-state index contributed by atoms with van der Waals surface area (Å²) in [6, 6.07) is 2.12. The summed E-state index contributed by atoms with van der Waals surface area (Å²) in [7, 11) is 0. The van der Waals surface area contributed by atoms with Gasteiger partial charge in [0.2, 0.25) is 5.69 Å². The molecule has 0 aliphatic carbocycles. The largest absolute Gasteiger partial charge is 0.307 e. The first-order chi connectivity index (χ1) is 4.97. The van der Waals surface area contributed by atoms with Crippen LogP contribution in [0.2, 0.25) is 0 Å². The molecule has 54 valence electrons. The molecule has 0 bridgehead atoms. The van der Waals surface area contributed by atoms with Crippen LogP contribution in [0.3, 0.4) is 0 Å². The van der Waals surface area contributed by atoms with Crippen LogP contribution in [0.15, 0.2) is 12.3 Å². The van der Waals surface area contributed by atoms with Crippen LogP contribution in [0.4, 0.5) is 0 Å². The normalized spacial score (nSPS) is 18.0. The van der Waals surface area contributed by atoms with E-state index in [0.29, 0.717) is 0 Å². The molecule has 2 rings (SSSR count). The van der Waals surface area contributed by atoms with Crippen molar-refractivity contribution in [3.63, 3.8) is 0 Å². The predicted octanol–water partition coefficient (Wildman–Crippen LogP) is -0.205. The molecule has 2 heterocycles. The second-order valence-electron chi connectivity index (χ2n) is 2.64. The molecule has 0 fully saturated rings. The zero-order valence-electron chi connectivity index (χ0n) is 5.93. The molecular formula is C7H12N3+. The van der Waals surface area contributed by atoms with Crippen molar-refractivity contribution in [2.75, 3.05) is 6.54 Å². The Bertz CT molecular complexity index is 196. The Morgan fingerprint density at radius 3 is 3.50 bits per heavy atom. The molecule has 1 aromatic heterocycles. The zero-order chi connectivity index (χ0) is 6.81. The van der Waals surface area contributed by atoms with E-state index < -0.39 is 0 Å². The maximum atomic E-state index is 3.35. The van der Waals surface area contributed by atoms with E-state index in [1.807, 2.05) is 6.20 Å². The van der Waals surface area contributed by atoms with Crippen LogP contribution in [-0.2, 0) is 13.1 Å². The van der Waals surface area contributed by atoms with E-state index in [4.69, 9.17) is 0 Å². The van der Waals surface area contributed by atoms with E-state index in [2.05, 4.69) is 21.2 Å². The Morgan fingerprint density at radius 2 is 2.50 bits per heavy atom. The van der Waals surface area contributed by atoms with Crippen LogP contribution in [0.25, 0.3) is 0 Å². The lowest BCUT2D eigenvalue weighted by Crippen LogP contribution is -2.38. The van der Waals surface area contributed by atoms with Crippen LogP contribution in [0.1, 0.15) is 12.1 Å². The van der Waals surface area contributed by atoms with E-state index in [-0.39, 0.29) is 0 Å². The first-order valence-corrected chi connectivity index (χ1v) is 3.73. The number of H-pyrrole nitrogens is 1. The van der Waals surface area contributed by atoms with Gasteiger partial charge in [0.25, 0.3) is 0 Å². The second kappa shape index (κ2) is 2.42. The fraction of sp³-hybridized carbons (Fsp3) is 0.571. The van der Waals surface area contributed by atoms with E-state index in [1.54, 1.807) is 0 Å². The number of nitrogens with zero attached hydrogens (tertiary/aromatic N) is 1. The van der Waals surface area contributed by atoms with Gasteiger partial charge in [-0.25, -0.2) is 0 Å². The van der Waals surface area contributed by atoms with Gasteiger partial charge in [0, 0.05) is 19.0 Å². The van der Waals surface area contributed by atoms with E-state index in [0.717, 1.165) is 19.6 Å². The van der Waals surface area contributed by atoms with E-state index in [1.165, 1.54) is 12.1 Å². The zero-order valence-corrected chi connectivity index (χ0v) is 5.93. The van der Waals surface area contributed by atoms with Gasteiger partial charge in [-0.2, -0.15) is 5.10 Å². The monoisotopic (exact) mass is 138 g/mol. The highest BCUT2D eigenvalue weighted by Gasteiger charge is 2.13.